The van der Waals surface area contributed by atoms with Gasteiger partial charge in [-0.1, -0.05) is 12.8 Å². The summed E-state index contributed by atoms with van der Waals surface area (Å²) in [6.07, 6.45) is 3.60. The minimum Gasteiger partial charge on any atom is -0.497 e. The van der Waals surface area contributed by atoms with Crippen LogP contribution in [0.15, 0.2) is 24.3 Å². The minimum absolute atomic E-state index is 0.0746. The molecule has 1 aromatic carbocycles. The van der Waals surface area contributed by atoms with Crippen LogP contribution < -0.4 is 14.8 Å². The van der Waals surface area contributed by atoms with Gasteiger partial charge in [0.15, 0.2) is 0 Å². The third kappa shape index (κ3) is 4.93. The molecule has 1 aliphatic carbocycles. The van der Waals surface area contributed by atoms with E-state index in [1.807, 2.05) is 24.3 Å². The van der Waals surface area contributed by atoms with E-state index in [1.54, 1.807) is 7.11 Å². The Balaban J connectivity index is 1.68. The molecule has 0 aromatic heterocycles. The Bertz CT molecular complexity index is 446. The van der Waals surface area contributed by atoms with Gasteiger partial charge in [-0.15, -0.1) is 0 Å². The Morgan fingerprint density at radius 2 is 1.90 bits per heavy atom. The van der Waals surface area contributed by atoms with Gasteiger partial charge in [0.25, 0.3) is 0 Å². The maximum Gasteiger partial charge on any atom is 0.223 e. The van der Waals surface area contributed by atoms with Crippen molar-refractivity contribution in [2.45, 2.75) is 44.2 Å². The van der Waals surface area contributed by atoms with Gasteiger partial charge in [-0.25, -0.2) is 0 Å². The van der Waals surface area contributed by atoms with Crippen molar-refractivity contribution in [2.75, 3.05) is 13.7 Å². The standard InChI is InChI=1S/C16H23NO4/c1-20-12-6-8-13(9-7-12)21-11-10-16(19)17-14-4-2-3-5-15(14)18/h6-9,14-15,18H,2-5,10-11H2,1H3,(H,17,19)/t14-,15-/m1/s1. The summed E-state index contributed by atoms with van der Waals surface area (Å²) >= 11 is 0. The molecule has 0 spiro atoms. The number of rotatable bonds is 6. The van der Waals surface area contributed by atoms with Gasteiger partial charge in [0.05, 0.1) is 32.3 Å². The fraction of sp³-hybridized carbons (Fsp3) is 0.562. The first-order valence-corrected chi connectivity index (χ1v) is 7.43. The summed E-state index contributed by atoms with van der Waals surface area (Å²) in [5.41, 5.74) is 0. The monoisotopic (exact) mass is 293 g/mol. The fourth-order valence-electron chi connectivity index (χ4n) is 2.49. The number of ether oxygens (including phenoxy) is 2. The highest BCUT2D eigenvalue weighted by atomic mass is 16.5. The topological polar surface area (TPSA) is 67.8 Å². The Hall–Kier alpha value is -1.75. The lowest BCUT2D eigenvalue weighted by Gasteiger charge is -2.28. The van der Waals surface area contributed by atoms with Gasteiger partial charge in [-0.2, -0.15) is 0 Å². The molecule has 1 fully saturated rings. The van der Waals surface area contributed by atoms with E-state index in [4.69, 9.17) is 9.47 Å². The Morgan fingerprint density at radius 1 is 1.24 bits per heavy atom. The van der Waals surface area contributed by atoms with Gasteiger partial charge in [0.2, 0.25) is 5.91 Å². The molecule has 2 N–H and O–H groups in total. The zero-order valence-electron chi connectivity index (χ0n) is 12.4. The van der Waals surface area contributed by atoms with Crippen LogP contribution in [0.3, 0.4) is 0 Å². The third-order valence-electron chi connectivity index (χ3n) is 3.73. The van der Waals surface area contributed by atoms with Crippen LogP contribution in [0.1, 0.15) is 32.1 Å². The SMILES string of the molecule is COc1ccc(OCCC(=O)N[C@@H]2CCCC[C@H]2O)cc1. The molecule has 1 saturated carbocycles. The van der Waals surface area contributed by atoms with Crippen LogP contribution in [0, 0.1) is 0 Å². The number of aliphatic hydroxyl groups is 1. The summed E-state index contributed by atoms with van der Waals surface area (Å²) in [5, 5.41) is 12.7. The van der Waals surface area contributed by atoms with E-state index in [9.17, 15) is 9.90 Å². The number of hydrogen-bond acceptors (Lipinski definition) is 4. The zero-order chi connectivity index (χ0) is 15.1. The normalized spacial score (nSPS) is 21.6. The molecule has 0 saturated heterocycles. The fourth-order valence-corrected chi connectivity index (χ4v) is 2.49. The molecule has 0 heterocycles. The maximum atomic E-state index is 11.8. The molecule has 2 rings (SSSR count). The summed E-state index contributed by atoms with van der Waals surface area (Å²) in [6, 6.07) is 7.14. The molecule has 0 unspecified atom stereocenters. The Kier molecular flexibility index (Phi) is 5.87. The van der Waals surface area contributed by atoms with Crippen molar-refractivity contribution in [1.82, 2.24) is 5.32 Å². The van der Waals surface area contributed by atoms with Gasteiger partial charge >= 0.3 is 0 Å². The van der Waals surface area contributed by atoms with Crippen molar-refractivity contribution in [3.05, 3.63) is 24.3 Å². The van der Waals surface area contributed by atoms with Gasteiger partial charge in [-0.05, 0) is 37.1 Å². The van der Waals surface area contributed by atoms with Crippen LogP contribution in [0.25, 0.3) is 0 Å². The van der Waals surface area contributed by atoms with E-state index in [0.717, 1.165) is 31.4 Å². The number of hydrogen-bond donors (Lipinski definition) is 2. The molecular formula is C16H23NO4. The van der Waals surface area contributed by atoms with Crippen molar-refractivity contribution < 1.29 is 19.4 Å². The second-order valence-electron chi connectivity index (χ2n) is 5.30. The molecule has 5 heteroatoms. The molecule has 116 valence electrons. The molecule has 0 bridgehead atoms. The van der Waals surface area contributed by atoms with E-state index < -0.39 is 6.10 Å². The highest BCUT2D eigenvalue weighted by Crippen LogP contribution is 2.19. The summed E-state index contributed by atoms with van der Waals surface area (Å²) < 4.78 is 10.6. The van der Waals surface area contributed by atoms with Gasteiger partial charge in [-0.3, -0.25) is 4.79 Å². The maximum absolute atomic E-state index is 11.8. The largest absolute Gasteiger partial charge is 0.497 e. The number of aliphatic hydroxyl groups excluding tert-OH is 1. The first-order valence-electron chi connectivity index (χ1n) is 7.43. The number of methoxy groups -OCH3 is 1. The van der Waals surface area contributed by atoms with Gasteiger partial charge < -0.3 is 19.9 Å². The number of carbonyl (C=O) groups excluding carboxylic acids is 1. The molecule has 0 aliphatic heterocycles. The third-order valence-corrected chi connectivity index (χ3v) is 3.73. The number of nitrogens with one attached hydrogen (secondary N) is 1. The minimum atomic E-state index is -0.412. The lowest BCUT2D eigenvalue weighted by Crippen LogP contribution is -2.45. The number of amides is 1. The van der Waals surface area contributed by atoms with E-state index in [0.29, 0.717) is 12.4 Å². The van der Waals surface area contributed by atoms with E-state index >= 15 is 0 Å². The average molecular weight is 293 g/mol. The van der Waals surface area contributed by atoms with Crippen LogP contribution in [0.4, 0.5) is 0 Å². The van der Waals surface area contributed by atoms with Crippen LogP contribution in [-0.2, 0) is 4.79 Å². The first-order chi connectivity index (χ1) is 10.2. The number of benzene rings is 1. The average Bonchev–Trinajstić information content (AvgIpc) is 2.50. The molecular weight excluding hydrogens is 270 g/mol. The van der Waals surface area contributed by atoms with Gasteiger partial charge in [0.1, 0.15) is 11.5 Å². The quantitative estimate of drug-likeness (QED) is 0.840. The van der Waals surface area contributed by atoms with Crippen LogP contribution in [-0.4, -0.2) is 36.9 Å². The molecule has 1 aliphatic rings. The smallest absolute Gasteiger partial charge is 0.223 e. The highest BCUT2D eigenvalue weighted by Gasteiger charge is 2.24. The van der Waals surface area contributed by atoms with E-state index in [2.05, 4.69) is 5.32 Å². The molecule has 2 atom stereocenters. The van der Waals surface area contributed by atoms with Crippen molar-refractivity contribution in [1.29, 1.82) is 0 Å². The van der Waals surface area contributed by atoms with Gasteiger partial charge in [0, 0.05) is 0 Å². The second-order valence-corrected chi connectivity index (χ2v) is 5.30. The van der Waals surface area contributed by atoms with Crippen LogP contribution >= 0.6 is 0 Å². The van der Waals surface area contributed by atoms with Crippen molar-refractivity contribution in [3.63, 3.8) is 0 Å². The molecule has 1 aromatic rings. The lowest BCUT2D eigenvalue weighted by molar-refractivity contribution is -0.123. The van der Waals surface area contributed by atoms with E-state index in [1.165, 1.54) is 0 Å². The molecule has 1 amide bonds. The van der Waals surface area contributed by atoms with E-state index in [-0.39, 0.29) is 18.4 Å². The highest BCUT2D eigenvalue weighted by molar-refractivity contribution is 5.76. The molecule has 0 radical (unpaired) electrons. The second kappa shape index (κ2) is 7.88. The van der Waals surface area contributed by atoms with Crippen molar-refractivity contribution in [3.8, 4) is 11.5 Å². The summed E-state index contributed by atoms with van der Waals surface area (Å²) in [5.74, 6) is 1.40. The molecule has 5 nitrogen and oxygen atoms in total. The summed E-state index contributed by atoms with van der Waals surface area (Å²) in [7, 11) is 1.61. The summed E-state index contributed by atoms with van der Waals surface area (Å²) in [6.45, 7) is 0.320. The lowest BCUT2D eigenvalue weighted by atomic mass is 9.92. The molecule has 21 heavy (non-hydrogen) atoms. The first kappa shape index (κ1) is 15.6. The Labute approximate surface area is 125 Å². The van der Waals surface area contributed by atoms with Crippen molar-refractivity contribution in [2.24, 2.45) is 0 Å². The number of carbonyl (C=O) groups is 1. The predicted octanol–water partition coefficient (Wildman–Crippen LogP) is 1.88. The summed E-state index contributed by atoms with van der Waals surface area (Å²) in [4.78, 5) is 11.8. The van der Waals surface area contributed by atoms with Crippen LogP contribution in [0.2, 0.25) is 0 Å². The Morgan fingerprint density at radius 3 is 2.57 bits per heavy atom. The van der Waals surface area contributed by atoms with Crippen LogP contribution in [0.5, 0.6) is 11.5 Å². The van der Waals surface area contributed by atoms with Crippen molar-refractivity contribution >= 4 is 5.91 Å². The zero-order valence-corrected chi connectivity index (χ0v) is 12.4. The predicted molar refractivity (Wildman–Crippen MR) is 79.5 cm³/mol.